The van der Waals surface area contributed by atoms with Crippen LogP contribution in [0.2, 0.25) is 0 Å². The molecule has 134 valence electrons. The number of hydrogen-bond donors (Lipinski definition) is 0. The number of nitrogens with zero attached hydrogens (tertiary/aromatic N) is 6. The summed E-state index contributed by atoms with van der Waals surface area (Å²) in [7, 11) is 1.36. The highest BCUT2D eigenvalue weighted by molar-refractivity contribution is 5.87. The molecule has 26 heavy (non-hydrogen) atoms. The highest BCUT2D eigenvalue weighted by atomic mass is 16.5. The molecule has 4 heterocycles. The van der Waals surface area contributed by atoms with E-state index in [4.69, 9.17) is 9.26 Å². The maximum Gasteiger partial charge on any atom is 0.358 e. The topological polar surface area (TPSA) is 99.2 Å². The minimum Gasteiger partial charge on any atom is -0.464 e. The van der Waals surface area contributed by atoms with Crippen molar-refractivity contribution in [1.29, 1.82) is 0 Å². The van der Waals surface area contributed by atoms with E-state index in [1.165, 1.54) is 7.11 Å². The number of aromatic nitrogens is 5. The quantitative estimate of drug-likeness (QED) is 0.657. The summed E-state index contributed by atoms with van der Waals surface area (Å²) in [4.78, 5) is 22.6. The highest BCUT2D eigenvalue weighted by Crippen LogP contribution is 2.24. The lowest BCUT2D eigenvalue weighted by Gasteiger charge is -2.21. The van der Waals surface area contributed by atoms with Crippen molar-refractivity contribution >= 4 is 11.8 Å². The molecule has 0 radical (unpaired) electrons. The summed E-state index contributed by atoms with van der Waals surface area (Å²) < 4.78 is 11.9. The van der Waals surface area contributed by atoms with E-state index in [0.717, 1.165) is 36.6 Å². The second kappa shape index (κ2) is 6.58. The minimum absolute atomic E-state index is 0.326. The molecule has 0 bridgehead atoms. The van der Waals surface area contributed by atoms with E-state index in [9.17, 15) is 4.79 Å². The Labute approximate surface area is 149 Å². The van der Waals surface area contributed by atoms with Gasteiger partial charge >= 0.3 is 5.97 Å². The Morgan fingerprint density at radius 2 is 2.19 bits per heavy atom. The monoisotopic (exact) mass is 354 g/mol. The number of esters is 1. The largest absolute Gasteiger partial charge is 0.464 e. The first-order valence-corrected chi connectivity index (χ1v) is 8.31. The minimum atomic E-state index is -0.427. The fourth-order valence-corrected chi connectivity index (χ4v) is 3.00. The van der Waals surface area contributed by atoms with Crippen molar-refractivity contribution in [3.63, 3.8) is 0 Å². The first kappa shape index (κ1) is 16.2. The van der Waals surface area contributed by atoms with Gasteiger partial charge in [0.15, 0.2) is 11.5 Å². The predicted molar refractivity (Wildman–Crippen MR) is 91.5 cm³/mol. The third-order valence-corrected chi connectivity index (χ3v) is 4.25. The number of methoxy groups -OCH3 is 1. The Balaban J connectivity index is 1.62. The van der Waals surface area contributed by atoms with Crippen LogP contribution in [-0.2, 0) is 17.8 Å². The van der Waals surface area contributed by atoms with Gasteiger partial charge in [0.2, 0.25) is 0 Å². The van der Waals surface area contributed by atoms with Crippen molar-refractivity contribution in [3.05, 3.63) is 41.6 Å². The van der Waals surface area contributed by atoms with Gasteiger partial charge in [0.1, 0.15) is 5.82 Å². The number of hydrogen-bond acceptors (Lipinski definition) is 8. The number of aryl methyl sites for hydroxylation is 2. The van der Waals surface area contributed by atoms with E-state index in [1.54, 1.807) is 19.2 Å². The molecule has 0 spiro atoms. The molecule has 0 aromatic carbocycles. The molecule has 0 aliphatic carbocycles. The molecule has 0 amide bonds. The molecule has 0 unspecified atom stereocenters. The van der Waals surface area contributed by atoms with E-state index in [2.05, 4.69) is 25.1 Å². The lowest BCUT2D eigenvalue weighted by atomic mass is 10.2. The van der Waals surface area contributed by atoms with Crippen molar-refractivity contribution in [2.24, 2.45) is 0 Å². The van der Waals surface area contributed by atoms with E-state index in [-0.39, 0.29) is 0 Å². The zero-order valence-electron chi connectivity index (χ0n) is 14.5. The van der Waals surface area contributed by atoms with Gasteiger partial charge in [-0.25, -0.2) is 9.78 Å². The molecule has 0 fully saturated rings. The van der Waals surface area contributed by atoms with Gasteiger partial charge in [0.25, 0.3) is 5.89 Å². The molecule has 0 saturated heterocycles. The van der Waals surface area contributed by atoms with Gasteiger partial charge in [-0.3, -0.25) is 4.68 Å². The Morgan fingerprint density at radius 3 is 2.96 bits per heavy atom. The molecule has 9 heteroatoms. The van der Waals surface area contributed by atoms with Crippen LogP contribution in [0.1, 0.15) is 28.4 Å². The van der Waals surface area contributed by atoms with Crippen LogP contribution in [0.15, 0.2) is 28.9 Å². The van der Waals surface area contributed by atoms with Crippen molar-refractivity contribution in [2.45, 2.75) is 26.4 Å². The number of anilines is 1. The summed E-state index contributed by atoms with van der Waals surface area (Å²) in [6.07, 6.45) is 2.62. The maximum atomic E-state index is 11.7. The van der Waals surface area contributed by atoms with E-state index >= 15 is 0 Å². The van der Waals surface area contributed by atoms with Crippen LogP contribution in [-0.4, -0.2) is 44.5 Å². The first-order valence-electron chi connectivity index (χ1n) is 8.31. The van der Waals surface area contributed by atoms with E-state index in [1.807, 2.05) is 16.8 Å². The first-order chi connectivity index (χ1) is 12.6. The molecule has 1 aliphatic rings. The van der Waals surface area contributed by atoms with Crippen molar-refractivity contribution < 1.29 is 14.1 Å². The smallest absolute Gasteiger partial charge is 0.358 e. The molecule has 4 rings (SSSR count). The fraction of sp³-hybridized carbons (Fsp3) is 0.353. The summed E-state index contributed by atoms with van der Waals surface area (Å²) in [6.45, 7) is 3.95. The van der Waals surface area contributed by atoms with Crippen LogP contribution < -0.4 is 4.90 Å². The summed E-state index contributed by atoms with van der Waals surface area (Å²) in [5, 5.41) is 8.17. The van der Waals surface area contributed by atoms with Gasteiger partial charge in [-0.2, -0.15) is 10.1 Å². The Hall–Kier alpha value is -3.23. The average molecular weight is 354 g/mol. The third-order valence-electron chi connectivity index (χ3n) is 4.25. The molecule has 0 saturated carbocycles. The summed E-state index contributed by atoms with van der Waals surface area (Å²) in [5.74, 6) is 1.45. The zero-order chi connectivity index (χ0) is 18.1. The van der Waals surface area contributed by atoms with Crippen molar-refractivity contribution in [3.8, 4) is 11.5 Å². The molecule has 0 N–H and O–H groups in total. The Morgan fingerprint density at radius 1 is 1.31 bits per heavy atom. The van der Waals surface area contributed by atoms with Gasteiger partial charge < -0.3 is 14.2 Å². The molecule has 0 atom stereocenters. The lowest BCUT2D eigenvalue weighted by Crippen LogP contribution is -2.23. The molecular weight excluding hydrogens is 336 g/mol. The SMILES string of the molecule is COC(=O)c1cc2n(n1)CCCN(c1cc(-c3nc(C)no3)ccn1)C2. The second-order valence-corrected chi connectivity index (χ2v) is 6.06. The average Bonchev–Trinajstić information content (AvgIpc) is 3.22. The van der Waals surface area contributed by atoms with Gasteiger partial charge in [-0.1, -0.05) is 5.16 Å². The Kier molecular flexibility index (Phi) is 4.11. The third kappa shape index (κ3) is 3.03. The van der Waals surface area contributed by atoms with Crippen molar-refractivity contribution in [1.82, 2.24) is 24.9 Å². The fourth-order valence-electron chi connectivity index (χ4n) is 3.00. The summed E-state index contributed by atoms with van der Waals surface area (Å²) >= 11 is 0. The van der Waals surface area contributed by atoms with Crippen LogP contribution in [0.4, 0.5) is 5.82 Å². The van der Waals surface area contributed by atoms with Gasteiger partial charge in [0.05, 0.1) is 19.3 Å². The Bertz CT molecular complexity index is 948. The number of carbonyl (C=O) groups excluding carboxylic acids is 1. The molecule has 9 nitrogen and oxygen atoms in total. The van der Waals surface area contributed by atoms with Crippen LogP contribution in [0.3, 0.4) is 0 Å². The zero-order valence-corrected chi connectivity index (χ0v) is 14.5. The lowest BCUT2D eigenvalue weighted by molar-refractivity contribution is 0.0593. The second-order valence-electron chi connectivity index (χ2n) is 6.06. The van der Waals surface area contributed by atoms with Gasteiger partial charge in [-0.15, -0.1) is 0 Å². The molecular formula is C17H18N6O3. The highest BCUT2D eigenvalue weighted by Gasteiger charge is 2.21. The molecule has 3 aromatic heterocycles. The van der Waals surface area contributed by atoms with E-state index < -0.39 is 5.97 Å². The van der Waals surface area contributed by atoms with Gasteiger partial charge in [0, 0.05) is 24.8 Å². The number of carbonyl (C=O) groups is 1. The van der Waals surface area contributed by atoms with Crippen LogP contribution >= 0.6 is 0 Å². The molecule has 1 aliphatic heterocycles. The number of rotatable bonds is 3. The predicted octanol–water partition coefficient (Wildman–Crippen LogP) is 1.83. The normalized spacial score (nSPS) is 14.0. The summed E-state index contributed by atoms with van der Waals surface area (Å²) in [5.41, 5.74) is 2.10. The van der Waals surface area contributed by atoms with Gasteiger partial charge in [-0.05, 0) is 31.5 Å². The molecule has 3 aromatic rings. The number of ether oxygens (including phenoxy) is 1. The van der Waals surface area contributed by atoms with Crippen LogP contribution in [0, 0.1) is 6.92 Å². The summed E-state index contributed by atoms with van der Waals surface area (Å²) in [6, 6.07) is 5.55. The maximum absolute atomic E-state index is 11.7. The van der Waals surface area contributed by atoms with Crippen LogP contribution in [0.25, 0.3) is 11.5 Å². The number of fused-ring (bicyclic) bond motifs is 1. The number of pyridine rings is 1. The van der Waals surface area contributed by atoms with E-state index in [0.29, 0.717) is 24.0 Å². The van der Waals surface area contributed by atoms with Crippen molar-refractivity contribution in [2.75, 3.05) is 18.6 Å². The van der Waals surface area contributed by atoms with Crippen LogP contribution in [0.5, 0.6) is 0 Å². The standard InChI is InChI=1S/C17H18N6O3/c1-11-19-16(26-21-11)12-4-5-18-15(8-12)22-6-3-7-23-13(10-22)9-14(20-23)17(24)25-2/h4-5,8-9H,3,6-7,10H2,1-2H3.